The summed E-state index contributed by atoms with van der Waals surface area (Å²) < 4.78 is 48.0. The highest BCUT2D eigenvalue weighted by Crippen LogP contribution is 2.28. The SMILES string of the molecule is CCOc1ccc(S(=O)(=O)N(CC(=O)N(Cc2ccc(Cl)cc2Cl)[C@H](C)C(=O)NC2CCCC2)c2ccc(F)cc2)cc1. The fourth-order valence-corrected chi connectivity index (χ4v) is 6.83. The number of rotatable bonds is 12. The van der Waals surface area contributed by atoms with E-state index in [1.54, 1.807) is 19.1 Å². The van der Waals surface area contributed by atoms with Crippen LogP contribution in [0, 0.1) is 5.82 Å². The minimum absolute atomic E-state index is 0.0155. The van der Waals surface area contributed by atoms with E-state index in [2.05, 4.69) is 5.32 Å². The molecular weight excluding hydrogens is 616 g/mol. The Hall–Kier alpha value is -3.34. The Morgan fingerprint density at radius 1 is 1.02 bits per heavy atom. The summed E-state index contributed by atoms with van der Waals surface area (Å²) in [7, 11) is -4.31. The van der Waals surface area contributed by atoms with Gasteiger partial charge in [0, 0.05) is 22.6 Å². The number of carbonyl (C=O) groups is 2. The highest BCUT2D eigenvalue weighted by atomic mass is 35.5. The molecule has 1 N–H and O–H groups in total. The minimum Gasteiger partial charge on any atom is -0.494 e. The number of halogens is 3. The van der Waals surface area contributed by atoms with Gasteiger partial charge in [0.05, 0.1) is 17.2 Å². The van der Waals surface area contributed by atoms with Crippen LogP contribution in [0.15, 0.2) is 71.6 Å². The van der Waals surface area contributed by atoms with Crippen LogP contribution < -0.4 is 14.4 Å². The maximum atomic E-state index is 14.1. The molecule has 1 fully saturated rings. The summed E-state index contributed by atoms with van der Waals surface area (Å²) in [6.45, 7) is 3.07. The average Bonchev–Trinajstić information content (AvgIpc) is 3.49. The predicted octanol–water partition coefficient (Wildman–Crippen LogP) is 6.20. The van der Waals surface area contributed by atoms with Gasteiger partial charge in [0.1, 0.15) is 24.2 Å². The lowest BCUT2D eigenvalue weighted by molar-refractivity contribution is -0.139. The summed E-state index contributed by atoms with van der Waals surface area (Å²) in [5.41, 5.74) is 0.610. The maximum absolute atomic E-state index is 14.1. The summed E-state index contributed by atoms with van der Waals surface area (Å²) in [4.78, 5) is 28.6. The van der Waals surface area contributed by atoms with Crippen LogP contribution in [-0.2, 0) is 26.2 Å². The van der Waals surface area contributed by atoms with Gasteiger partial charge in [-0.15, -0.1) is 0 Å². The lowest BCUT2D eigenvalue weighted by Gasteiger charge is -2.32. The molecular formula is C31H34Cl2FN3O5S. The van der Waals surface area contributed by atoms with Crippen LogP contribution in [0.1, 0.15) is 45.1 Å². The van der Waals surface area contributed by atoms with Crippen LogP contribution in [0.25, 0.3) is 0 Å². The number of ether oxygens (including phenoxy) is 1. The monoisotopic (exact) mass is 649 g/mol. The highest BCUT2D eigenvalue weighted by molar-refractivity contribution is 7.92. The van der Waals surface area contributed by atoms with E-state index in [1.165, 1.54) is 47.4 Å². The number of sulfonamides is 1. The molecule has 12 heteroatoms. The molecule has 43 heavy (non-hydrogen) atoms. The Bertz CT molecular complexity index is 1530. The first-order chi connectivity index (χ1) is 20.5. The Balaban J connectivity index is 1.69. The molecule has 3 aromatic rings. The number of nitrogens with one attached hydrogen (secondary N) is 1. The summed E-state index contributed by atoms with van der Waals surface area (Å²) >= 11 is 12.5. The molecule has 1 aliphatic carbocycles. The second-order valence-electron chi connectivity index (χ2n) is 10.3. The first-order valence-electron chi connectivity index (χ1n) is 14.0. The van der Waals surface area contributed by atoms with Crippen molar-refractivity contribution in [3.8, 4) is 5.75 Å². The summed E-state index contributed by atoms with van der Waals surface area (Å²) in [5.74, 6) is -1.09. The van der Waals surface area contributed by atoms with Gasteiger partial charge in [-0.1, -0.05) is 42.1 Å². The third-order valence-corrected chi connectivity index (χ3v) is 9.72. The normalized spacial score (nSPS) is 14.3. The first kappa shape index (κ1) is 32.6. The molecule has 0 unspecified atom stereocenters. The summed E-state index contributed by atoms with van der Waals surface area (Å²) in [6, 6.07) is 14.5. The van der Waals surface area contributed by atoms with Crippen molar-refractivity contribution in [2.45, 2.75) is 63.1 Å². The maximum Gasteiger partial charge on any atom is 0.264 e. The van der Waals surface area contributed by atoms with Crippen LogP contribution in [0.2, 0.25) is 10.0 Å². The number of hydrogen-bond donors (Lipinski definition) is 1. The quantitative estimate of drug-likeness (QED) is 0.252. The summed E-state index contributed by atoms with van der Waals surface area (Å²) in [6.07, 6.45) is 3.74. The molecule has 1 atom stereocenters. The van der Waals surface area contributed by atoms with Crippen LogP contribution in [0.4, 0.5) is 10.1 Å². The predicted molar refractivity (Wildman–Crippen MR) is 165 cm³/mol. The molecule has 0 spiro atoms. The molecule has 3 aromatic carbocycles. The van der Waals surface area contributed by atoms with E-state index in [-0.39, 0.29) is 29.1 Å². The number of carbonyl (C=O) groups excluding carboxylic acids is 2. The third kappa shape index (κ3) is 8.19. The average molecular weight is 651 g/mol. The molecule has 0 aliphatic heterocycles. The molecule has 230 valence electrons. The van der Waals surface area contributed by atoms with Crippen molar-refractivity contribution in [3.63, 3.8) is 0 Å². The molecule has 8 nitrogen and oxygen atoms in total. The topological polar surface area (TPSA) is 96.0 Å². The number of amides is 2. The van der Waals surface area contributed by atoms with E-state index >= 15 is 0 Å². The molecule has 0 saturated heterocycles. The standard InChI is InChI=1S/C31H34Cl2FN3O5S/c1-3-42-27-14-16-28(17-15-27)43(40,41)37(26-12-10-24(34)11-13-26)20-30(38)36(19-22-8-9-23(32)18-29(22)33)21(2)31(39)35-25-6-4-5-7-25/h8-18,21,25H,3-7,19-20H2,1-2H3,(H,35,39)/t21-/m1/s1. The Morgan fingerprint density at radius 3 is 2.28 bits per heavy atom. The molecule has 0 radical (unpaired) electrons. The van der Waals surface area contributed by atoms with Crippen LogP contribution in [0.5, 0.6) is 5.75 Å². The fourth-order valence-electron chi connectivity index (χ4n) is 4.95. The second-order valence-corrected chi connectivity index (χ2v) is 13.0. The molecule has 4 rings (SSSR count). The van der Waals surface area contributed by atoms with E-state index < -0.39 is 34.3 Å². The second kappa shape index (κ2) is 14.4. The third-order valence-electron chi connectivity index (χ3n) is 7.34. The molecule has 2 amide bonds. The number of anilines is 1. The van der Waals surface area contributed by atoms with Crippen LogP contribution >= 0.6 is 23.2 Å². The van der Waals surface area contributed by atoms with Gasteiger partial charge < -0.3 is 15.0 Å². The Kier molecular flexibility index (Phi) is 10.9. The highest BCUT2D eigenvalue weighted by Gasteiger charge is 2.33. The fraction of sp³-hybridized carbons (Fsp3) is 0.355. The molecule has 0 heterocycles. The molecule has 1 aliphatic rings. The van der Waals surface area contributed by atoms with Crippen molar-refractivity contribution in [1.29, 1.82) is 0 Å². The summed E-state index contributed by atoms with van der Waals surface area (Å²) in [5, 5.41) is 3.72. The van der Waals surface area contributed by atoms with E-state index in [4.69, 9.17) is 27.9 Å². The van der Waals surface area contributed by atoms with Crippen molar-refractivity contribution in [1.82, 2.24) is 10.2 Å². The first-order valence-corrected chi connectivity index (χ1v) is 16.2. The zero-order chi connectivity index (χ0) is 31.1. The Labute approximate surface area is 261 Å². The number of nitrogens with zero attached hydrogens (tertiary/aromatic N) is 2. The van der Waals surface area contributed by atoms with Crippen LogP contribution in [-0.4, -0.2) is 50.4 Å². The lowest BCUT2D eigenvalue weighted by atomic mass is 10.1. The lowest BCUT2D eigenvalue weighted by Crippen LogP contribution is -2.52. The van der Waals surface area contributed by atoms with Gasteiger partial charge in [0.15, 0.2) is 0 Å². The van der Waals surface area contributed by atoms with E-state index in [0.29, 0.717) is 28.0 Å². The molecule has 1 saturated carbocycles. The van der Waals surface area contributed by atoms with E-state index in [9.17, 15) is 22.4 Å². The number of hydrogen-bond acceptors (Lipinski definition) is 5. The molecule has 0 aromatic heterocycles. The van der Waals surface area contributed by atoms with Gasteiger partial charge >= 0.3 is 0 Å². The van der Waals surface area contributed by atoms with Gasteiger partial charge in [-0.05, 0) is 92.9 Å². The van der Waals surface area contributed by atoms with Gasteiger partial charge in [0.25, 0.3) is 10.0 Å². The van der Waals surface area contributed by atoms with E-state index in [0.717, 1.165) is 42.1 Å². The van der Waals surface area contributed by atoms with Gasteiger partial charge in [-0.3, -0.25) is 13.9 Å². The van der Waals surface area contributed by atoms with Gasteiger partial charge in [-0.2, -0.15) is 0 Å². The van der Waals surface area contributed by atoms with Crippen molar-refractivity contribution < 1.29 is 27.1 Å². The molecule has 0 bridgehead atoms. The number of benzene rings is 3. The Morgan fingerprint density at radius 2 is 1.67 bits per heavy atom. The zero-order valence-electron chi connectivity index (χ0n) is 23.9. The van der Waals surface area contributed by atoms with Crippen molar-refractivity contribution in [2.75, 3.05) is 17.5 Å². The van der Waals surface area contributed by atoms with Crippen molar-refractivity contribution in [3.05, 3.63) is 88.2 Å². The largest absolute Gasteiger partial charge is 0.494 e. The van der Waals surface area contributed by atoms with Crippen molar-refractivity contribution >= 4 is 50.7 Å². The van der Waals surface area contributed by atoms with Gasteiger partial charge in [0.2, 0.25) is 11.8 Å². The zero-order valence-corrected chi connectivity index (χ0v) is 26.3. The van der Waals surface area contributed by atoms with E-state index in [1.807, 2.05) is 6.92 Å². The van der Waals surface area contributed by atoms with Gasteiger partial charge in [-0.25, -0.2) is 12.8 Å². The minimum atomic E-state index is -4.31. The van der Waals surface area contributed by atoms with Crippen molar-refractivity contribution in [2.24, 2.45) is 0 Å². The smallest absolute Gasteiger partial charge is 0.264 e. The van der Waals surface area contributed by atoms with Crippen LogP contribution in [0.3, 0.4) is 0 Å².